The molecule has 0 radical (unpaired) electrons. The molecule has 1 aliphatic heterocycles. The standard InChI is InChI=1S/C23H23N5O4/c1-23(2)21(31)28(22(32)27-23)15-8-5-7-14(13-15)24-19(29)12-6-11-18-25-17-10-4-3-9-16(17)20(30)26-18/h3-5,7-10,13H,6,11-12H2,1-2H3,(H,24,29)(H,27,32)(H,25,26,30). The number of aromatic amines is 1. The fourth-order valence-corrected chi connectivity index (χ4v) is 3.60. The molecule has 0 atom stereocenters. The predicted octanol–water partition coefficient (Wildman–Crippen LogP) is 2.72. The first kappa shape index (κ1) is 21.2. The SMILES string of the molecule is CC1(C)NC(=O)N(c2cccc(NC(=O)CCCc3nc4ccccc4c(=O)[nH]3)c2)C1=O. The van der Waals surface area contributed by atoms with E-state index in [-0.39, 0.29) is 23.8 Å². The van der Waals surface area contributed by atoms with Crippen LogP contribution in [0.5, 0.6) is 0 Å². The number of nitrogens with one attached hydrogen (secondary N) is 3. The summed E-state index contributed by atoms with van der Waals surface area (Å²) in [6.45, 7) is 3.27. The summed E-state index contributed by atoms with van der Waals surface area (Å²) in [6.07, 6.45) is 1.16. The molecule has 0 spiro atoms. The Morgan fingerprint density at radius 3 is 2.62 bits per heavy atom. The summed E-state index contributed by atoms with van der Waals surface area (Å²) in [5, 5.41) is 5.94. The van der Waals surface area contributed by atoms with Crippen molar-refractivity contribution in [3.63, 3.8) is 0 Å². The third-order valence-corrected chi connectivity index (χ3v) is 5.23. The van der Waals surface area contributed by atoms with Crippen LogP contribution in [0.3, 0.4) is 0 Å². The summed E-state index contributed by atoms with van der Waals surface area (Å²) in [5.41, 5.74) is 0.310. The fourth-order valence-electron chi connectivity index (χ4n) is 3.60. The highest BCUT2D eigenvalue weighted by Crippen LogP contribution is 2.26. The van der Waals surface area contributed by atoms with Crippen LogP contribution >= 0.6 is 0 Å². The van der Waals surface area contributed by atoms with Crippen LogP contribution in [0.2, 0.25) is 0 Å². The second-order valence-electron chi connectivity index (χ2n) is 8.18. The van der Waals surface area contributed by atoms with Gasteiger partial charge in [-0.05, 0) is 50.6 Å². The summed E-state index contributed by atoms with van der Waals surface area (Å²) in [6, 6.07) is 13.2. The monoisotopic (exact) mass is 433 g/mol. The molecule has 32 heavy (non-hydrogen) atoms. The number of aryl methyl sites for hydroxylation is 1. The maximum Gasteiger partial charge on any atom is 0.329 e. The Kier molecular flexibility index (Phi) is 5.48. The highest BCUT2D eigenvalue weighted by Gasteiger charge is 2.45. The lowest BCUT2D eigenvalue weighted by atomic mass is 10.1. The molecular formula is C23H23N5O4. The van der Waals surface area contributed by atoms with Crippen LogP contribution in [0.4, 0.5) is 16.2 Å². The fraction of sp³-hybridized carbons (Fsp3) is 0.261. The number of H-pyrrole nitrogens is 1. The molecular weight excluding hydrogens is 410 g/mol. The number of imide groups is 1. The minimum absolute atomic E-state index is 0.199. The van der Waals surface area contributed by atoms with Gasteiger partial charge in [-0.25, -0.2) is 14.7 Å². The van der Waals surface area contributed by atoms with E-state index in [1.165, 1.54) is 0 Å². The van der Waals surface area contributed by atoms with Gasteiger partial charge in [-0.2, -0.15) is 0 Å². The van der Waals surface area contributed by atoms with Crippen LogP contribution in [0, 0.1) is 0 Å². The maximum absolute atomic E-state index is 12.5. The normalized spacial score (nSPS) is 15.1. The molecule has 2 aromatic carbocycles. The zero-order valence-electron chi connectivity index (χ0n) is 17.8. The maximum atomic E-state index is 12.5. The molecule has 4 amide bonds. The largest absolute Gasteiger partial charge is 0.329 e. The Balaban J connectivity index is 1.37. The van der Waals surface area contributed by atoms with Crippen molar-refractivity contribution in [2.75, 3.05) is 10.2 Å². The van der Waals surface area contributed by atoms with Gasteiger partial charge in [0.1, 0.15) is 11.4 Å². The van der Waals surface area contributed by atoms with Crippen molar-refractivity contribution in [1.82, 2.24) is 15.3 Å². The Labute approximate surface area is 183 Å². The Bertz CT molecular complexity index is 1280. The molecule has 0 aliphatic carbocycles. The van der Waals surface area contributed by atoms with Crippen LogP contribution in [-0.4, -0.2) is 33.4 Å². The minimum Gasteiger partial charge on any atom is -0.326 e. The van der Waals surface area contributed by atoms with Gasteiger partial charge in [-0.1, -0.05) is 18.2 Å². The van der Waals surface area contributed by atoms with Crippen molar-refractivity contribution in [1.29, 1.82) is 0 Å². The first-order valence-electron chi connectivity index (χ1n) is 10.3. The number of urea groups is 1. The number of hydrogen-bond acceptors (Lipinski definition) is 5. The molecule has 164 valence electrons. The third kappa shape index (κ3) is 4.22. The van der Waals surface area contributed by atoms with Gasteiger partial charge in [0.05, 0.1) is 16.6 Å². The average Bonchev–Trinajstić information content (AvgIpc) is 2.94. The third-order valence-electron chi connectivity index (χ3n) is 5.23. The van der Waals surface area contributed by atoms with Crippen LogP contribution in [-0.2, 0) is 16.0 Å². The van der Waals surface area contributed by atoms with E-state index in [0.717, 1.165) is 4.90 Å². The molecule has 1 saturated heterocycles. The molecule has 2 heterocycles. The quantitative estimate of drug-likeness (QED) is 0.516. The van der Waals surface area contributed by atoms with E-state index >= 15 is 0 Å². The van der Waals surface area contributed by atoms with Crippen molar-refractivity contribution >= 4 is 40.1 Å². The van der Waals surface area contributed by atoms with Crippen LogP contribution < -0.4 is 21.1 Å². The molecule has 1 fully saturated rings. The topological polar surface area (TPSA) is 124 Å². The van der Waals surface area contributed by atoms with Gasteiger partial charge in [0.15, 0.2) is 0 Å². The first-order valence-corrected chi connectivity index (χ1v) is 10.3. The van der Waals surface area contributed by atoms with Crippen molar-refractivity contribution in [3.8, 4) is 0 Å². The van der Waals surface area contributed by atoms with E-state index in [4.69, 9.17) is 0 Å². The van der Waals surface area contributed by atoms with Gasteiger partial charge < -0.3 is 15.6 Å². The Morgan fingerprint density at radius 2 is 1.88 bits per heavy atom. The summed E-state index contributed by atoms with van der Waals surface area (Å²) in [5.74, 6) is -0.0460. The molecule has 1 aliphatic rings. The second kappa shape index (κ2) is 8.26. The zero-order valence-corrected chi connectivity index (χ0v) is 17.8. The van der Waals surface area contributed by atoms with E-state index in [9.17, 15) is 19.2 Å². The number of fused-ring (bicyclic) bond motifs is 1. The zero-order chi connectivity index (χ0) is 22.9. The Hall–Kier alpha value is -4.01. The van der Waals surface area contributed by atoms with E-state index in [1.54, 1.807) is 56.3 Å². The number of nitrogens with zero attached hydrogens (tertiary/aromatic N) is 2. The van der Waals surface area contributed by atoms with Gasteiger partial charge in [-0.15, -0.1) is 0 Å². The van der Waals surface area contributed by atoms with Crippen LogP contribution in [0.1, 0.15) is 32.5 Å². The molecule has 3 aromatic rings. The predicted molar refractivity (Wildman–Crippen MR) is 120 cm³/mol. The minimum atomic E-state index is -0.978. The van der Waals surface area contributed by atoms with Gasteiger partial charge in [0.2, 0.25) is 5.91 Å². The number of carbonyl (C=O) groups is 3. The number of para-hydroxylation sites is 1. The highest BCUT2D eigenvalue weighted by atomic mass is 16.2. The van der Waals surface area contributed by atoms with Crippen LogP contribution in [0.25, 0.3) is 10.9 Å². The molecule has 0 saturated carbocycles. The van der Waals surface area contributed by atoms with Crippen molar-refractivity contribution < 1.29 is 14.4 Å². The number of anilines is 2. The second-order valence-corrected chi connectivity index (χ2v) is 8.18. The van der Waals surface area contributed by atoms with Gasteiger partial charge >= 0.3 is 6.03 Å². The molecule has 3 N–H and O–H groups in total. The molecule has 9 nitrogen and oxygen atoms in total. The van der Waals surface area contributed by atoms with E-state index < -0.39 is 11.6 Å². The lowest BCUT2D eigenvalue weighted by Gasteiger charge is -2.16. The molecule has 0 unspecified atom stereocenters. The summed E-state index contributed by atoms with van der Waals surface area (Å²) in [7, 11) is 0. The highest BCUT2D eigenvalue weighted by molar-refractivity contribution is 6.23. The first-order chi connectivity index (χ1) is 15.2. The number of amides is 4. The molecule has 0 bridgehead atoms. The average molecular weight is 433 g/mol. The number of aromatic nitrogens is 2. The van der Waals surface area contributed by atoms with Crippen molar-refractivity contribution in [2.24, 2.45) is 0 Å². The van der Waals surface area contributed by atoms with Crippen molar-refractivity contribution in [3.05, 3.63) is 64.7 Å². The summed E-state index contributed by atoms with van der Waals surface area (Å²) in [4.78, 5) is 57.4. The number of hydrogen-bond donors (Lipinski definition) is 3. The lowest BCUT2D eigenvalue weighted by Crippen LogP contribution is -2.40. The van der Waals surface area contributed by atoms with E-state index in [2.05, 4.69) is 20.6 Å². The lowest BCUT2D eigenvalue weighted by molar-refractivity contribution is -0.121. The van der Waals surface area contributed by atoms with Gasteiger partial charge in [0.25, 0.3) is 11.5 Å². The number of benzene rings is 2. The summed E-state index contributed by atoms with van der Waals surface area (Å²) < 4.78 is 0. The van der Waals surface area contributed by atoms with E-state index in [0.29, 0.717) is 40.9 Å². The number of rotatable bonds is 6. The van der Waals surface area contributed by atoms with Gasteiger partial charge in [0, 0.05) is 18.5 Å². The molecule has 9 heteroatoms. The smallest absolute Gasteiger partial charge is 0.326 e. The molecule has 4 rings (SSSR count). The summed E-state index contributed by atoms with van der Waals surface area (Å²) >= 11 is 0. The Morgan fingerprint density at radius 1 is 1.09 bits per heavy atom. The number of carbonyl (C=O) groups excluding carboxylic acids is 3. The van der Waals surface area contributed by atoms with Crippen LogP contribution in [0.15, 0.2) is 53.3 Å². The van der Waals surface area contributed by atoms with Gasteiger partial charge in [-0.3, -0.25) is 14.4 Å². The van der Waals surface area contributed by atoms with Crippen molar-refractivity contribution in [2.45, 2.75) is 38.6 Å². The molecule has 1 aromatic heterocycles. The van der Waals surface area contributed by atoms with E-state index in [1.807, 2.05) is 6.07 Å².